The molecule has 0 aliphatic carbocycles. The number of carbonyl (C=O) groups excluding carboxylic acids is 1. The Labute approximate surface area is 124 Å². The minimum atomic E-state index is -0.937. The highest BCUT2D eigenvalue weighted by Crippen LogP contribution is 2.29. The van der Waals surface area contributed by atoms with Gasteiger partial charge in [0.25, 0.3) is 5.91 Å². The molecule has 0 radical (unpaired) electrons. The van der Waals surface area contributed by atoms with E-state index in [0.29, 0.717) is 17.1 Å². The SMILES string of the molecule is COc1cc(C(=O)N(C)CCC(=O)O)ccc1OC(C)C. The summed E-state index contributed by atoms with van der Waals surface area (Å²) < 4.78 is 10.8. The van der Waals surface area contributed by atoms with Crippen LogP contribution < -0.4 is 9.47 Å². The van der Waals surface area contributed by atoms with Crippen molar-refractivity contribution in [3.8, 4) is 11.5 Å². The highest BCUT2D eigenvalue weighted by molar-refractivity contribution is 5.95. The zero-order chi connectivity index (χ0) is 16.0. The molecule has 0 aromatic heterocycles. The van der Waals surface area contributed by atoms with E-state index in [1.165, 1.54) is 12.0 Å². The second-order valence-electron chi connectivity index (χ2n) is 4.90. The molecule has 0 spiro atoms. The monoisotopic (exact) mass is 295 g/mol. The molecular weight excluding hydrogens is 274 g/mol. The Morgan fingerprint density at radius 3 is 2.48 bits per heavy atom. The van der Waals surface area contributed by atoms with Gasteiger partial charge >= 0.3 is 5.97 Å². The maximum Gasteiger partial charge on any atom is 0.305 e. The van der Waals surface area contributed by atoms with Crippen molar-refractivity contribution in [1.82, 2.24) is 4.90 Å². The predicted octanol–water partition coefficient (Wildman–Crippen LogP) is 2.03. The molecule has 21 heavy (non-hydrogen) atoms. The highest BCUT2D eigenvalue weighted by Gasteiger charge is 2.16. The first-order valence-electron chi connectivity index (χ1n) is 6.67. The number of carboxylic acids is 1. The minimum absolute atomic E-state index is 0.00121. The first-order valence-corrected chi connectivity index (χ1v) is 6.67. The summed E-state index contributed by atoms with van der Waals surface area (Å²) >= 11 is 0. The fourth-order valence-corrected chi connectivity index (χ4v) is 1.74. The van der Waals surface area contributed by atoms with E-state index in [1.54, 1.807) is 25.2 Å². The smallest absolute Gasteiger partial charge is 0.305 e. The van der Waals surface area contributed by atoms with Crippen LogP contribution in [-0.4, -0.2) is 48.7 Å². The second kappa shape index (κ2) is 7.52. The average Bonchev–Trinajstić information content (AvgIpc) is 2.43. The molecule has 0 heterocycles. The van der Waals surface area contributed by atoms with E-state index in [1.807, 2.05) is 13.8 Å². The Bertz CT molecular complexity index is 513. The van der Waals surface area contributed by atoms with Crippen molar-refractivity contribution in [2.24, 2.45) is 0 Å². The van der Waals surface area contributed by atoms with E-state index in [9.17, 15) is 9.59 Å². The van der Waals surface area contributed by atoms with Crippen molar-refractivity contribution in [2.45, 2.75) is 26.4 Å². The molecule has 1 aromatic carbocycles. The third-order valence-corrected chi connectivity index (χ3v) is 2.78. The predicted molar refractivity (Wildman–Crippen MR) is 78.0 cm³/mol. The van der Waals surface area contributed by atoms with Crippen LogP contribution in [0, 0.1) is 0 Å². The van der Waals surface area contributed by atoms with Crippen molar-refractivity contribution in [2.75, 3.05) is 20.7 Å². The number of amides is 1. The van der Waals surface area contributed by atoms with Gasteiger partial charge in [-0.1, -0.05) is 0 Å². The maximum atomic E-state index is 12.2. The number of benzene rings is 1. The van der Waals surface area contributed by atoms with Crippen molar-refractivity contribution >= 4 is 11.9 Å². The molecule has 0 saturated carbocycles. The summed E-state index contributed by atoms with van der Waals surface area (Å²) in [5.41, 5.74) is 0.427. The van der Waals surface area contributed by atoms with Crippen LogP contribution in [0.3, 0.4) is 0 Å². The molecule has 1 rings (SSSR count). The summed E-state index contributed by atoms with van der Waals surface area (Å²) in [4.78, 5) is 24.1. The summed E-state index contributed by atoms with van der Waals surface area (Å²) in [5, 5.41) is 8.64. The molecule has 1 N–H and O–H groups in total. The van der Waals surface area contributed by atoms with Gasteiger partial charge in [0.05, 0.1) is 19.6 Å². The van der Waals surface area contributed by atoms with E-state index in [4.69, 9.17) is 14.6 Å². The average molecular weight is 295 g/mol. The van der Waals surface area contributed by atoms with Gasteiger partial charge in [-0.05, 0) is 32.0 Å². The van der Waals surface area contributed by atoms with Gasteiger partial charge in [-0.25, -0.2) is 0 Å². The Morgan fingerprint density at radius 1 is 1.29 bits per heavy atom. The van der Waals surface area contributed by atoms with Gasteiger partial charge in [0.15, 0.2) is 11.5 Å². The van der Waals surface area contributed by atoms with Gasteiger partial charge in [0.1, 0.15) is 0 Å². The molecule has 0 saturated heterocycles. The lowest BCUT2D eigenvalue weighted by molar-refractivity contribution is -0.137. The van der Waals surface area contributed by atoms with Gasteiger partial charge in [-0.15, -0.1) is 0 Å². The lowest BCUT2D eigenvalue weighted by Crippen LogP contribution is -2.29. The third-order valence-electron chi connectivity index (χ3n) is 2.78. The summed E-state index contributed by atoms with van der Waals surface area (Å²) in [6.07, 6.45) is -0.0906. The zero-order valence-corrected chi connectivity index (χ0v) is 12.8. The molecule has 0 bridgehead atoms. The van der Waals surface area contributed by atoms with Gasteiger partial charge < -0.3 is 19.5 Å². The molecule has 6 nitrogen and oxygen atoms in total. The van der Waals surface area contributed by atoms with Crippen molar-refractivity contribution in [1.29, 1.82) is 0 Å². The quantitative estimate of drug-likeness (QED) is 0.833. The molecule has 1 aromatic rings. The fraction of sp³-hybridized carbons (Fsp3) is 0.467. The van der Waals surface area contributed by atoms with Crippen LogP contribution in [0.1, 0.15) is 30.6 Å². The van der Waals surface area contributed by atoms with Gasteiger partial charge in [0, 0.05) is 19.2 Å². The first kappa shape index (κ1) is 16.8. The summed E-state index contributed by atoms with van der Waals surface area (Å²) in [6.45, 7) is 3.96. The second-order valence-corrected chi connectivity index (χ2v) is 4.90. The third kappa shape index (κ3) is 4.98. The topological polar surface area (TPSA) is 76.1 Å². The molecule has 6 heteroatoms. The van der Waals surface area contributed by atoms with Crippen LogP contribution in [0.4, 0.5) is 0 Å². The van der Waals surface area contributed by atoms with Crippen LogP contribution in [0.25, 0.3) is 0 Å². The number of carboxylic acid groups (broad SMARTS) is 1. The number of aliphatic carboxylic acids is 1. The summed E-state index contributed by atoms with van der Waals surface area (Å²) in [6, 6.07) is 4.91. The first-order chi connectivity index (χ1) is 9.85. The fourth-order valence-electron chi connectivity index (χ4n) is 1.74. The Hall–Kier alpha value is -2.24. The molecule has 116 valence electrons. The summed E-state index contributed by atoms with van der Waals surface area (Å²) in [7, 11) is 3.07. The standard InChI is InChI=1S/C15H21NO5/c1-10(2)21-12-6-5-11(9-13(12)20-4)15(19)16(3)8-7-14(17)18/h5-6,9-10H,7-8H2,1-4H3,(H,17,18). The summed E-state index contributed by atoms with van der Waals surface area (Å²) in [5.74, 6) is -0.156. The molecule has 1 amide bonds. The maximum absolute atomic E-state index is 12.2. The Kier molecular flexibility index (Phi) is 6.02. The van der Waals surface area contributed by atoms with Crippen LogP contribution >= 0.6 is 0 Å². The van der Waals surface area contributed by atoms with E-state index >= 15 is 0 Å². The van der Waals surface area contributed by atoms with Gasteiger partial charge in [-0.3, -0.25) is 9.59 Å². The van der Waals surface area contributed by atoms with Crippen molar-refractivity contribution < 1.29 is 24.2 Å². The lowest BCUT2D eigenvalue weighted by atomic mass is 10.1. The van der Waals surface area contributed by atoms with E-state index in [2.05, 4.69) is 0 Å². The largest absolute Gasteiger partial charge is 0.493 e. The van der Waals surface area contributed by atoms with E-state index in [-0.39, 0.29) is 25.0 Å². The molecule has 0 aliphatic rings. The van der Waals surface area contributed by atoms with Gasteiger partial charge in [0.2, 0.25) is 0 Å². The Balaban J connectivity index is 2.88. The molecule has 0 atom stereocenters. The van der Waals surface area contributed by atoms with Crippen LogP contribution in [0.5, 0.6) is 11.5 Å². The number of carbonyl (C=O) groups is 2. The number of hydrogen-bond donors (Lipinski definition) is 1. The van der Waals surface area contributed by atoms with Gasteiger partial charge in [-0.2, -0.15) is 0 Å². The molecule has 0 unspecified atom stereocenters. The minimum Gasteiger partial charge on any atom is -0.493 e. The zero-order valence-electron chi connectivity index (χ0n) is 12.8. The number of rotatable bonds is 7. The normalized spacial score (nSPS) is 10.3. The number of ether oxygens (including phenoxy) is 2. The van der Waals surface area contributed by atoms with E-state index < -0.39 is 5.97 Å². The Morgan fingerprint density at radius 2 is 1.95 bits per heavy atom. The number of methoxy groups -OCH3 is 1. The van der Waals surface area contributed by atoms with Crippen molar-refractivity contribution in [3.63, 3.8) is 0 Å². The van der Waals surface area contributed by atoms with Crippen molar-refractivity contribution in [3.05, 3.63) is 23.8 Å². The van der Waals surface area contributed by atoms with E-state index in [0.717, 1.165) is 0 Å². The number of nitrogens with zero attached hydrogens (tertiary/aromatic N) is 1. The molecule has 0 fully saturated rings. The van der Waals surface area contributed by atoms with Crippen LogP contribution in [0.2, 0.25) is 0 Å². The van der Waals surface area contributed by atoms with Crippen LogP contribution in [0.15, 0.2) is 18.2 Å². The molecule has 0 aliphatic heterocycles. The highest BCUT2D eigenvalue weighted by atomic mass is 16.5. The van der Waals surface area contributed by atoms with Crippen LogP contribution in [-0.2, 0) is 4.79 Å². The number of hydrogen-bond acceptors (Lipinski definition) is 4. The lowest BCUT2D eigenvalue weighted by Gasteiger charge is -2.18. The molecular formula is C15H21NO5.